The lowest BCUT2D eigenvalue weighted by atomic mass is 10.1. The molecule has 0 bridgehead atoms. The topological polar surface area (TPSA) is 12.9 Å². The molecule has 2 rings (SSSR count). The van der Waals surface area contributed by atoms with Crippen molar-refractivity contribution in [2.24, 2.45) is 0 Å². The van der Waals surface area contributed by atoms with Gasteiger partial charge in [-0.3, -0.25) is 4.98 Å². The van der Waals surface area contributed by atoms with Crippen molar-refractivity contribution in [3.05, 3.63) is 51.5 Å². The van der Waals surface area contributed by atoms with Gasteiger partial charge in [-0.25, -0.2) is 0 Å². The molecule has 0 saturated carbocycles. The summed E-state index contributed by atoms with van der Waals surface area (Å²) in [5.74, 6) is 0. The van der Waals surface area contributed by atoms with Crippen LogP contribution in [0.3, 0.4) is 0 Å². The molecule has 1 aromatic heterocycles. The van der Waals surface area contributed by atoms with Gasteiger partial charge in [0, 0.05) is 20.7 Å². The average molecular weight is 313 g/mol. The van der Waals surface area contributed by atoms with E-state index in [-0.39, 0.29) is 0 Å². The van der Waals surface area contributed by atoms with Crippen molar-refractivity contribution in [3.8, 4) is 11.3 Å². The molecule has 3 heteroatoms. The number of nitrogens with zero attached hydrogens (tertiary/aromatic N) is 1. The summed E-state index contributed by atoms with van der Waals surface area (Å²) in [4.78, 5) is 4.32. The van der Waals surface area contributed by atoms with Gasteiger partial charge in [-0.2, -0.15) is 0 Å². The summed E-state index contributed by atoms with van der Waals surface area (Å²) < 4.78 is 2.07. The Kier molecular flexibility index (Phi) is 2.99. The zero-order chi connectivity index (χ0) is 9.97. The Morgan fingerprint density at radius 1 is 1.00 bits per heavy atom. The Morgan fingerprint density at radius 2 is 1.86 bits per heavy atom. The minimum atomic E-state index is 0.966. The van der Waals surface area contributed by atoms with Crippen LogP contribution in [0, 0.1) is 0 Å². The summed E-state index contributed by atoms with van der Waals surface area (Å²) in [6.45, 7) is 0. The van der Waals surface area contributed by atoms with Crippen LogP contribution in [-0.4, -0.2) is 4.98 Å². The number of halogens is 2. The molecule has 0 fully saturated rings. The first kappa shape index (κ1) is 9.87. The van der Waals surface area contributed by atoms with Gasteiger partial charge in [0.1, 0.15) is 0 Å². The van der Waals surface area contributed by atoms with E-state index in [1.807, 2.05) is 36.4 Å². The molecule has 2 aromatic rings. The smallest absolute Gasteiger partial charge is 0.0844 e. The van der Waals surface area contributed by atoms with Crippen molar-refractivity contribution in [1.29, 1.82) is 0 Å². The molecule has 0 radical (unpaired) electrons. The van der Waals surface area contributed by atoms with Gasteiger partial charge in [-0.05, 0) is 40.2 Å². The summed E-state index contributed by atoms with van der Waals surface area (Å²) in [5, 5.41) is 0. The molecule has 14 heavy (non-hydrogen) atoms. The highest BCUT2D eigenvalue weighted by Gasteiger charge is 2.03. The molecule has 0 unspecified atom stereocenters. The Labute approximate surface area is 99.4 Å². The third kappa shape index (κ3) is 2.04. The highest BCUT2D eigenvalue weighted by atomic mass is 79.9. The van der Waals surface area contributed by atoms with Gasteiger partial charge < -0.3 is 0 Å². The van der Waals surface area contributed by atoms with E-state index in [1.165, 1.54) is 0 Å². The Morgan fingerprint density at radius 3 is 2.57 bits per heavy atom. The molecule has 0 aliphatic heterocycles. The minimum absolute atomic E-state index is 0.966. The van der Waals surface area contributed by atoms with Crippen molar-refractivity contribution in [2.75, 3.05) is 0 Å². The van der Waals surface area contributed by atoms with Crippen LogP contribution >= 0.6 is 31.9 Å². The number of hydrogen-bond donors (Lipinski definition) is 0. The van der Waals surface area contributed by atoms with Crippen molar-refractivity contribution >= 4 is 31.9 Å². The van der Waals surface area contributed by atoms with Crippen LogP contribution in [0.1, 0.15) is 0 Å². The third-order valence-corrected chi connectivity index (χ3v) is 2.99. The Bertz CT molecular complexity index is 455. The second-order valence-electron chi connectivity index (χ2n) is 2.84. The van der Waals surface area contributed by atoms with Gasteiger partial charge >= 0.3 is 0 Å². The van der Waals surface area contributed by atoms with Crippen LogP contribution in [0.2, 0.25) is 0 Å². The van der Waals surface area contributed by atoms with Crippen molar-refractivity contribution in [3.63, 3.8) is 0 Å². The molecule has 0 amide bonds. The van der Waals surface area contributed by atoms with E-state index < -0.39 is 0 Å². The Hall–Kier alpha value is -0.670. The summed E-state index contributed by atoms with van der Waals surface area (Å²) in [5.41, 5.74) is 2.07. The van der Waals surface area contributed by atoms with Crippen molar-refractivity contribution in [2.45, 2.75) is 0 Å². The van der Waals surface area contributed by atoms with E-state index in [4.69, 9.17) is 0 Å². The van der Waals surface area contributed by atoms with E-state index in [2.05, 4.69) is 36.8 Å². The van der Waals surface area contributed by atoms with Crippen LogP contribution in [0.4, 0.5) is 0 Å². The molecule has 0 saturated heterocycles. The summed E-state index contributed by atoms with van der Waals surface area (Å²) in [6.07, 6.45) is 1.79. The molecular weight excluding hydrogens is 306 g/mol. The van der Waals surface area contributed by atoms with Crippen LogP contribution < -0.4 is 0 Å². The van der Waals surface area contributed by atoms with E-state index in [1.54, 1.807) is 6.20 Å². The molecule has 0 aliphatic rings. The first-order valence-corrected chi connectivity index (χ1v) is 5.72. The largest absolute Gasteiger partial charge is 0.255 e. The van der Waals surface area contributed by atoms with Gasteiger partial charge in [0.2, 0.25) is 0 Å². The van der Waals surface area contributed by atoms with Gasteiger partial charge in [-0.15, -0.1) is 0 Å². The zero-order valence-corrected chi connectivity index (χ0v) is 10.4. The number of rotatable bonds is 1. The van der Waals surface area contributed by atoms with Crippen molar-refractivity contribution < 1.29 is 0 Å². The lowest BCUT2D eigenvalue weighted by Gasteiger charge is -2.03. The minimum Gasteiger partial charge on any atom is -0.255 e. The number of hydrogen-bond acceptors (Lipinski definition) is 1. The number of benzene rings is 1. The molecule has 0 aliphatic carbocycles. The first-order chi connectivity index (χ1) is 6.77. The maximum absolute atomic E-state index is 4.32. The fourth-order valence-corrected chi connectivity index (χ4v) is 2.12. The molecule has 0 atom stereocenters. The Balaban J connectivity index is 2.55. The zero-order valence-electron chi connectivity index (χ0n) is 7.24. The molecular formula is C11H7Br2N. The molecule has 0 spiro atoms. The van der Waals surface area contributed by atoms with E-state index in [0.29, 0.717) is 0 Å². The predicted molar refractivity (Wildman–Crippen MR) is 65.1 cm³/mol. The van der Waals surface area contributed by atoms with Crippen LogP contribution in [0.25, 0.3) is 11.3 Å². The summed E-state index contributed by atoms with van der Waals surface area (Å²) in [6, 6.07) is 12.0. The van der Waals surface area contributed by atoms with E-state index >= 15 is 0 Å². The fourth-order valence-electron chi connectivity index (χ4n) is 1.23. The SMILES string of the molecule is Brc1cccc(-c2ncccc2Br)c1. The lowest BCUT2D eigenvalue weighted by Crippen LogP contribution is -1.83. The summed E-state index contributed by atoms with van der Waals surface area (Å²) >= 11 is 6.92. The van der Waals surface area contributed by atoms with Crippen LogP contribution in [-0.2, 0) is 0 Å². The standard InChI is InChI=1S/C11H7Br2N/c12-9-4-1-3-8(7-9)11-10(13)5-2-6-14-11/h1-7H. The predicted octanol–water partition coefficient (Wildman–Crippen LogP) is 4.27. The molecule has 0 N–H and O–H groups in total. The van der Waals surface area contributed by atoms with Gasteiger partial charge in [0.25, 0.3) is 0 Å². The highest BCUT2D eigenvalue weighted by molar-refractivity contribution is 9.10. The second kappa shape index (κ2) is 4.24. The van der Waals surface area contributed by atoms with Gasteiger partial charge in [0.05, 0.1) is 5.69 Å². The van der Waals surface area contributed by atoms with Crippen LogP contribution in [0.15, 0.2) is 51.5 Å². The van der Waals surface area contributed by atoms with Gasteiger partial charge in [-0.1, -0.05) is 28.1 Å². The number of aromatic nitrogens is 1. The average Bonchev–Trinajstić information content (AvgIpc) is 2.18. The molecule has 70 valence electrons. The normalized spacial score (nSPS) is 10.1. The van der Waals surface area contributed by atoms with Gasteiger partial charge in [0.15, 0.2) is 0 Å². The quantitative estimate of drug-likeness (QED) is 0.766. The van der Waals surface area contributed by atoms with E-state index in [9.17, 15) is 0 Å². The highest BCUT2D eigenvalue weighted by Crippen LogP contribution is 2.27. The van der Waals surface area contributed by atoms with Crippen LogP contribution in [0.5, 0.6) is 0 Å². The molecule has 1 aromatic carbocycles. The lowest BCUT2D eigenvalue weighted by molar-refractivity contribution is 1.31. The molecule has 1 heterocycles. The fraction of sp³-hybridized carbons (Fsp3) is 0. The van der Waals surface area contributed by atoms with Crippen molar-refractivity contribution in [1.82, 2.24) is 4.98 Å². The third-order valence-electron chi connectivity index (χ3n) is 1.86. The molecule has 1 nitrogen and oxygen atoms in total. The number of pyridine rings is 1. The maximum atomic E-state index is 4.32. The van der Waals surface area contributed by atoms with E-state index in [0.717, 1.165) is 20.2 Å². The second-order valence-corrected chi connectivity index (χ2v) is 4.61. The summed E-state index contributed by atoms with van der Waals surface area (Å²) in [7, 11) is 0. The maximum Gasteiger partial charge on any atom is 0.0844 e. The monoisotopic (exact) mass is 311 g/mol. The first-order valence-electron chi connectivity index (χ1n) is 4.14.